The van der Waals surface area contributed by atoms with Crippen molar-refractivity contribution in [3.63, 3.8) is 0 Å². The fourth-order valence-electron chi connectivity index (χ4n) is 0.865. The lowest BCUT2D eigenvalue weighted by Crippen LogP contribution is -1.95. The summed E-state index contributed by atoms with van der Waals surface area (Å²) in [7, 11) is 0. The Morgan fingerprint density at radius 2 is 2.23 bits per heavy atom. The Morgan fingerprint density at radius 3 is 2.85 bits per heavy atom. The summed E-state index contributed by atoms with van der Waals surface area (Å²) in [5.74, 6) is 0.824. The van der Waals surface area contributed by atoms with E-state index >= 15 is 0 Å². The first-order valence-corrected chi connectivity index (χ1v) is 4.71. The molecule has 66 valence electrons. The highest BCUT2D eigenvalue weighted by molar-refractivity contribution is 7.13. The molecule has 2 aromatic rings. The van der Waals surface area contributed by atoms with Crippen LogP contribution in [0.2, 0.25) is 5.15 Å². The van der Waals surface area contributed by atoms with Gasteiger partial charge in [0.1, 0.15) is 11.0 Å². The molecule has 0 saturated heterocycles. The van der Waals surface area contributed by atoms with E-state index in [1.165, 1.54) is 17.4 Å². The van der Waals surface area contributed by atoms with Gasteiger partial charge in [-0.3, -0.25) is 0 Å². The first-order valence-electron chi connectivity index (χ1n) is 3.45. The molecule has 0 aliphatic carbocycles. The fraction of sp³-hybridized carbons (Fsp3) is 0. The molecule has 13 heavy (non-hydrogen) atoms. The van der Waals surface area contributed by atoms with Crippen LogP contribution in [0.3, 0.4) is 0 Å². The molecular weight excluding hydrogens is 208 g/mol. The van der Waals surface area contributed by atoms with Crippen molar-refractivity contribution in [2.75, 3.05) is 5.73 Å². The highest BCUT2D eigenvalue weighted by atomic mass is 35.5. The van der Waals surface area contributed by atoms with Crippen molar-refractivity contribution >= 4 is 28.8 Å². The van der Waals surface area contributed by atoms with Crippen LogP contribution < -0.4 is 5.73 Å². The van der Waals surface area contributed by atoms with Crippen molar-refractivity contribution in [1.82, 2.24) is 15.0 Å². The number of hydrogen-bond donors (Lipinski definition) is 1. The van der Waals surface area contributed by atoms with Crippen LogP contribution in [0, 0.1) is 0 Å². The van der Waals surface area contributed by atoms with Crippen molar-refractivity contribution in [2.24, 2.45) is 0 Å². The summed E-state index contributed by atoms with van der Waals surface area (Å²) < 4.78 is 0. The lowest BCUT2D eigenvalue weighted by Gasteiger charge is -1.97. The molecule has 0 radical (unpaired) electrons. The molecule has 0 saturated carbocycles. The topological polar surface area (TPSA) is 64.7 Å². The third-order valence-electron chi connectivity index (χ3n) is 1.34. The zero-order valence-electron chi connectivity index (χ0n) is 6.44. The summed E-state index contributed by atoms with van der Waals surface area (Å²) in [4.78, 5) is 12.1. The van der Waals surface area contributed by atoms with Gasteiger partial charge in [-0.05, 0) is 0 Å². The zero-order chi connectivity index (χ0) is 9.26. The molecule has 2 rings (SSSR count). The first-order chi connectivity index (χ1) is 6.25. The predicted octanol–water partition coefficient (Wildman–Crippen LogP) is 1.84. The van der Waals surface area contributed by atoms with Gasteiger partial charge in [0.15, 0.2) is 10.8 Å². The van der Waals surface area contributed by atoms with Gasteiger partial charge in [-0.15, -0.1) is 11.3 Å². The summed E-state index contributed by atoms with van der Waals surface area (Å²) >= 11 is 7.16. The summed E-state index contributed by atoms with van der Waals surface area (Å²) in [5.41, 5.74) is 5.51. The van der Waals surface area contributed by atoms with E-state index in [1.807, 2.05) is 5.38 Å². The summed E-state index contributed by atoms with van der Waals surface area (Å²) in [5, 5.41) is 2.89. The zero-order valence-corrected chi connectivity index (χ0v) is 8.01. The van der Waals surface area contributed by atoms with Gasteiger partial charge >= 0.3 is 0 Å². The quantitative estimate of drug-likeness (QED) is 0.733. The standard InChI is InChI=1S/C7H5ClN4S/c8-4-3-5(9)12-6(11-4)7-10-1-2-13-7/h1-3H,(H2,9,11,12). The van der Waals surface area contributed by atoms with Crippen molar-refractivity contribution in [3.05, 3.63) is 22.8 Å². The lowest BCUT2D eigenvalue weighted by molar-refractivity contribution is 1.17. The maximum Gasteiger partial charge on any atom is 0.192 e. The maximum atomic E-state index is 5.71. The number of nitrogens with zero attached hydrogens (tertiary/aromatic N) is 3. The smallest absolute Gasteiger partial charge is 0.192 e. The van der Waals surface area contributed by atoms with Crippen molar-refractivity contribution in [2.45, 2.75) is 0 Å². The monoisotopic (exact) mass is 212 g/mol. The molecule has 0 amide bonds. The van der Waals surface area contributed by atoms with Crippen molar-refractivity contribution in [3.8, 4) is 10.8 Å². The molecule has 4 nitrogen and oxygen atoms in total. The van der Waals surface area contributed by atoms with Crippen LogP contribution in [-0.2, 0) is 0 Å². The number of nitrogen functional groups attached to an aromatic ring is 1. The second kappa shape index (κ2) is 3.27. The highest BCUT2D eigenvalue weighted by Gasteiger charge is 2.05. The van der Waals surface area contributed by atoms with Gasteiger partial charge in [0.2, 0.25) is 0 Å². The average Bonchev–Trinajstić information content (AvgIpc) is 2.53. The third kappa shape index (κ3) is 1.76. The molecule has 0 aliphatic rings. The van der Waals surface area contributed by atoms with Gasteiger partial charge in [-0.2, -0.15) is 0 Å². The highest BCUT2D eigenvalue weighted by Crippen LogP contribution is 2.20. The molecule has 6 heteroatoms. The normalized spacial score (nSPS) is 10.2. The number of aromatic nitrogens is 3. The molecule has 0 bridgehead atoms. The van der Waals surface area contributed by atoms with Gasteiger partial charge in [0, 0.05) is 17.6 Å². The van der Waals surface area contributed by atoms with E-state index in [1.54, 1.807) is 6.20 Å². The van der Waals surface area contributed by atoms with E-state index in [0.717, 1.165) is 0 Å². The molecule has 2 N–H and O–H groups in total. The van der Waals surface area contributed by atoms with Crippen LogP contribution in [0.1, 0.15) is 0 Å². The maximum absolute atomic E-state index is 5.71. The third-order valence-corrected chi connectivity index (χ3v) is 2.30. The minimum atomic E-state index is 0.331. The molecule has 2 aromatic heterocycles. The second-order valence-corrected chi connectivity index (χ2v) is 3.56. The van der Waals surface area contributed by atoms with Crippen LogP contribution in [-0.4, -0.2) is 15.0 Å². The molecule has 0 aliphatic heterocycles. The minimum absolute atomic E-state index is 0.331. The Labute approximate surface area is 83.4 Å². The van der Waals surface area contributed by atoms with Crippen LogP contribution in [0.4, 0.5) is 5.82 Å². The lowest BCUT2D eigenvalue weighted by atomic mass is 10.5. The van der Waals surface area contributed by atoms with E-state index < -0.39 is 0 Å². The fourth-order valence-corrected chi connectivity index (χ4v) is 1.63. The number of hydrogen-bond acceptors (Lipinski definition) is 5. The summed E-state index contributed by atoms with van der Waals surface area (Å²) in [6.45, 7) is 0. The largest absolute Gasteiger partial charge is 0.384 e. The Bertz CT molecular complexity index is 394. The van der Waals surface area contributed by atoms with Gasteiger partial charge in [-0.1, -0.05) is 11.6 Å². The van der Waals surface area contributed by atoms with E-state index in [4.69, 9.17) is 17.3 Å². The Morgan fingerprint density at radius 1 is 1.38 bits per heavy atom. The molecule has 0 fully saturated rings. The first kappa shape index (κ1) is 8.40. The van der Waals surface area contributed by atoms with E-state index in [-0.39, 0.29) is 0 Å². The molecule has 0 aromatic carbocycles. The number of thiazole rings is 1. The predicted molar refractivity (Wildman–Crippen MR) is 52.6 cm³/mol. The van der Waals surface area contributed by atoms with Crippen molar-refractivity contribution in [1.29, 1.82) is 0 Å². The van der Waals surface area contributed by atoms with Crippen LogP contribution >= 0.6 is 22.9 Å². The Balaban J connectivity index is 2.53. The number of anilines is 1. The van der Waals surface area contributed by atoms with Crippen LogP contribution in [0.15, 0.2) is 17.6 Å². The van der Waals surface area contributed by atoms with Gasteiger partial charge in [0.25, 0.3) is 0 Å². The van der Waals surface area contributed by atoms with Crippen molar-refractivity contribution < 1.29 is 0 Å². The number of rotatable bonds is 1. The van der Waals surface area contributed by atoms with E-state index in [2.05, 4.69) is 15.0 Å². The summed E-state index contributed by atoms with van der Waals surface area (Å²) in [6, 6.07) is 1.50. The second-order valence-electron chi connectivity index (χ2n) is 2.28. The minimum Gasteiger partial charge on any atom is -0.384 e. The van der Waals surface area contributed by atoms with Crippen LogP contribution in [0.25, 0.3) is 10.8 Å². The number of halogens is 1. The Kier molecular flexibility index (Phi) is 2.12. The number of nitrogens with two attached hydrogens (primary N) is 1. The molecule has 2 heterocycles. The van der Waals surface area contributed by atoms with Gasteiger partial charge in [0.05, 0.1) is 0 Å². The van der Waals surface area contributed by atoms with Crippen LogP contribution in [0.5, 0.6) is 0 Å². The van der Waals surface area contributed by atoms with E-state index in [9.17, 15) is 0 Å². The molecule has 0 spiro atoms. The van der Waals surface area contributed by atoms with E-state index in [0.29, 0.717) is 21.8 Å². The average molecular weight is 213 g/mol. The molecular formula is C7H5ClN4S. The van der Waals surface area contributed by atoms with Gasteiger partial charge in [-0.25, -0.2) is 15.0 Å². The van der Waals surface area contributed by atoms with Gasteiger partial charge < -0.3 is 5.73 Å². The Hall–Kier alpha value is -1.20. The molecule has 0 unspecified atom stereocenters. The SMILES string of the molecule is Nc1cc(Cl)nc(-c2nccs2)n1. The molecule has 0 atom stereocenters. The summed E-state index contributed by atoms with van der Waals surface area (Å²) in [6.07, 6.45) is 1.68.